The van der Waals surface area contributed by atoms with E-state index in [0.29, 0.717) is 17.3 Å². The van der Waals surface area contributed by atoms with E-state index in [9.17, 15) is 9.90 Å². The van der Waals surface area contributed by atoms with Crippen LogP contribution in [0.3, 0.4) is 0 Å². The molecule has 0 bridgehead atoms. The molecule has 0 amide bonds. The number of aromatic carboxylic acids is 1. The van der Waals surface area contributed by atoms with Crippen molar-refractivity contribution in [2.24, 2.45) is 0 Å². The fourth-order valence-electron chi connectivity index (χ4n) is 1.95. The van der Waals surface area contributed by atoms with Gasteiger partial charge in [-0.25, -0.2) is 4.79 Å². The zero-order chi connectivity index (χ0) is 14.7. The van der Waals surface area contributed by atoms with Gasteiger partial charge in [-0.2, -0.15) is 0 Å². The number of halogens is 2. The lowest BCUT2D eigenvalue weighted by molar-refractivity contribution is 0.0697. The first-order valence-electron chi connectivity index (χ1n) is 5.96. The van der Waals surface area contributed by atoms with Crippen molar-refractivity contribution in [3.05, 3.63) is 63.1 Å². The summed E-state index contributed by atoms with van der Waals surface area (Å²) in [5.41, 5.74) is 1.94. The standard InChI is InChI=1S/C15H13BrClNO2/c1-18(9-10-2-4-11(16)5-3-10)14-8-12(17)6-7-13(14)15(19)20/h2-8H,9H2,1H3,(H,19,20). The van der Waals surface area contributed by atoms with Gasteiger partial charge in [-0.3, -0.25) is 0 Å². The summed E-state index contributed by atoms with van der Waals surface area (Å²) in [6.45, 7) is 0.605. The first-order valence-corrected chi connectivity index (χ1v) is 7.13. The Bertz CT molecular complexity index is 628. The van der Waals surface area contributed by atoms with Crippen LogP contribution in [0.25, 0.3) is 0 Å². The van der Waals surface area contributed by atoms with Crippen LogP contribution in [0.4, 0.5) is 5.69 Å². The van der Waals surface area contributed by atoms with Crippen LogP contribution in [0, 0.1) is 0 Å². The number of carboxylic acid groups (broad SMARTS) is 1. The Morgan fingerprint density at radius 3 is 2.50 bits per heavy atom. The molecule has 3 nitrogen and oxygen atoms in total. The summed E-state index contributed by atoms with van der Waals surface area (Å²) < 4.78 is 1.01. The SMILES string of the molecule is CN(Cc1ccc(Br)cc1)c1cc(Cl)ccc1C(=O)O. The molecule has 0 heterocycles. The molecule has 2 aromatic rings. The van der Waals surface area contributed by atoms with Gasteiger partial charge in [-0.05, 0) is 35.9 Å². The van der Waals surface area contributed by atoms with E-state index in [0.717, 1.165) is 10.0 Å². The van der Waals surface area contributed by atoms with Gasteiger partial charge < -0.3 is 10.0 Å². The van der Waals surface area contributed by atoms with Crippen molar-refractivity contribution in [1.82, 2.24) is 0 Å². The molecule has 5 heteroatoms. The van der Waals surface area contributed by atoms with Gasteiger partial charge in [0.25, 0.3) is 0 Å². The molecule has 104 valence electrons. The summed E-state index contributed by atoms with van der Waals surface area (Å²) >= 11 is 9.35. The van der Waals surface area contributed by atoms with Crippen LogP contribution in [0.1, 0.15) is 15.9 Å². The van der Waals surface area contributed by atoms with E-state index in [4.69, 9.17) is 11.6 Å². The van der Waals surface area contributed by atoms with E-state index in [1.54, 1.807) is 12.1 Å². The average Bonchev–Trinajstić information content (AvgIpc) is 2.41. The number of nitrogens with zero attached hydrogens (tertiary/aromatic N) is 1. The van der Waals surface area contributed by atoms with Crippen LogP contribution in [0.15, 0.2) is 46.9 Å². The highest BCUT2D eigenvalue weighted by molar-refractivity contribution is 9.10. The van der Waals surface area contributed by atoms with Crippen LogP contribution >= 0.6 is 27.5 Å². The molecule has 0 unspecified atom stereocenters. The van der Waals surface area contributed by atoms with Gasteiger partial charge >= 0.3 is 5.97 Å². The van der Waals surface area contributed by atoms with Gasteiger partial charge in [-0.15, -0.1) is 0 Å². The van der Waals surface area contributed by atoms with Crippen molar-refractivity contribution in [2.75, 3.05) is 11.9 Å². The predicted octanol–water partition coefficient (Wildman–Crippen LogP) is 4.44. The predicted molar refractivity (Wildman–Crippen MR) is 84.7 cm³/mol. The van der Waals surface area contributed by atoms with E-state index >= 15 is 0 Å². The van der Waals surface area contributed by atoms with E-state index in [1.807, 2.05) is 36.2 Å². The molecule has 0 saturated heterocycles. The molecule has 0 radical (unpaired) electrons. The number of rotatable bonds is 4. The monoisotopic (exact) mass is 353 g/mol. The minimum Gasteiger partial charge on any atom is -0.478 e. The van der Waals surface area contributed by atoms with E-state index in [1.165, 1.54) is 6.07 Å². The maximum atomic E-state index is 11.3. The highest BCUT2D eigenvalue weighted by Crippen LogP contribution is 2.25. The topological polar surface area (TPSA) is 40.5 Å². The van der Waals surface area contributed by atoms with E-state index < -0.39 is 5.97 Å². The van der Waals surface area contributed by atoms with Gasteiger partial charge in [0, 0.05) is 23.1 Å². The number of carboxylic acids is 1. The Hall–Kier alpha value is -1.52. The molecule has 1 N–H and O–H groups in total. The smallest absolute Gasteiger partial charge is 0.337 e. The minimum absolute atomic E-state index is 0.244. The Balaban J connectivity index is 2.28. The first-order chi connectivity index (χ1) is 9.47. The first kappa shape index (κ1) is 14.9. The molecule has 0 spiro atoms. The van der Waals surface area contributed by atoms with Gasteiger partial charge in [0.15, 0.2) is 0 Å². The van der Waals surface area contributed by atoms with Gasteiger partial charge in [0.1, 0.15) is 0 Å². The van der Waals surface area contributed by atoms with Crippen LogP contribution in [0.5, 0.6) is 0 Å². The third kappa shape index (κ3) is 3.52. The zero-order valence-corrected chi connectivity index (χ0v) is 13.1. The van der Waals surface area contributed by atoms with Crippen molar-refractivity contribution < 1.29 is 9.90 Å². The van der Waals surface area contributed by atoms with E-state index in [-0.39, 0.29) is 5.56 Å². The number of anilines is 1. The fourth-order valence-corrected chi connectivity index (χ4v) is 2.38. The normalized spacial score (nSPS) is 10.3. The number of benzene rings is 2. The summed E-state index contributed by atoms with van der Waals surface area (Å²) in [6, 6.07) is 12.7. The molecular formula is C15H13BrClNO2. The molecule has 20 heavy (non-hydrogen) atoms. The quantitative estimate of drug-likeness (QED) is 0.882. The Kier molecular flexibility index (Phi) is 4.68. The summed E-state index contributed by atoms with van der Waals surface area (Å²) in [7, 11) is 1.85. The van der Waals surface area contributed by atoms with Crippen molar-refractivity contribution in [1.29, 1.82) is 0 Å². The molecule has 2 aromatic carbocycles. The Morgan fingerprint density at radius 2 is 1.90 bits per heavy atom. The van der Waals surface area contributed by atoms with Crippen molar-refractivity contribution in [2.45, 2.75) is 6.54 Å². The third-order valence-corrected chi connectivity index (χ3v) is 3.70. The van der Waals surface area contributed by atoms with Crippen molar-refractivity contribution in [3.63, 3.8) is 0 Å². The van der Waals surface area contributed by atoms with Gasteiger partial charge in [-0.1, -0.05) is 39.7 Å². The minimum atomic E-state index is -0.959. The second kappa shape index (κ2) is 6.29. The van der Waals surface area contributed by atoms with Crippen molar-refractivity contribution >= 4 is 39.2 Å². The Morgan fingerprint density at radius 1 is 1.25 bits per heavy atom. The number of hydrogen-bond acceptors (Lipinski definition) is 2. The molecular weight excluding hydrogens is 342 g/mol. The second-order valence-corrected chi connectivity index (χ2v) is 5.80. The van der Waals surface area contributed by atoms with Crippen LogP contribution in [-0.4, -0.2) is 18.1 Å². The van der Waals surface area contributed by atoms with Crippen LogP contribution in [0.2, 0.25) is 5.02 Å². The summed E-state index contributed by atoms with van der Waals surface area (Å²) in [5.74, 6) is -0.959. The molecule has 0 aliphatic carbocycles. The van der Waals surface area contributed by atoms with Crippen LogP contribution in [-0.2, 0) is 6.54 Å². The Labute approximate surface area is 130 Å². The highest BCUT2D eigenvalue weighted by Gasteiger charge is 2.14. The lowest BCUT2D eigenvalue weighted by Crippen LogP contribution is -2.19. The number of hydrogen-bond donors (Lipinski definition) is 1. The average molecular weight is 355 g/mol. The second-order valence-electron chi connectivity index (χ2n) is 4.45. The maximum Gasteiger partial charge on any atom is 0.337 e. The zero-order valence-electron chi connectivity index (χ0n) is 10.8. The summed E-state index contributed by atoms with van der Waals surface area (Å²) in [4.78, 5) is 13.1. The molecule has 0 aromatic heterocycles. The molecule has 0 fully saturated rings. The van der Waals surface area contributed by atoms with Gasteiger partial charge in [0.2, 0.25) is 0 Å². The summed E-state index contributed by atoms with van der Waals surface area (Å²) in [5, 5.41) is 9.75. The van der Waals surface area contributed by atoms with E-state index in [2.05, 4.69) is 15.9 Å². The summed E-state index contributed by atoms with van der Waals surface area (Å²) in [6.07, 6.45) is 0. The number of carbonyl (C=O) groups is 1. The third-order valence-electron chi connectivity index (χ3n) is 2.93. The molecule has 0 aliphatic heterocycles. The fraction of sp³-hybridized carbons (Fsp3) is 0.133. The van der Waals surface area contributed by atoms with Crippen LogP contribution < -0.4 is 4.90 Å². The van der Waals surface area contributed by atoms with Gasteiger partial charge in [0.05, 0.1) is 11.3 Å². The lowest BCUT2D eigenvalue weighted by atomic mass is 10.1. The maximum absolute atomic E-state index is 11.3. The highest BCUT2D eigenvalue weighted by atomic mass is 79.9. The molecule has 0 aliphatic rings. The molecule has 2 rings (SSSR count). The van der Waals surface area contributed by atoms with Crippen molar-refractivity contribution in [3.8, 4) is 0 Å². The largest absolute Gasteiger partial charge is 0.478 e. The molecule has 0 saturated carbocycles. The lowest BCUT2D eigenvalue weighted by Gasteiger charge is -2.21. The molecule has 0 atom stereocenters.